The second-order valence-electron chi connectivity index (χ2n) is 4.79. The molecule has 0 saturated heterocycles. The van der Waals surface area contributed by atoms with Gasteiger partial charge in [0.25, 0.3) is 5.91 Å². The Bertz CT molecular complexity index is 617. The molecule has 0 fully saturated rings. The summed E-state index contributed by atoms with van der Waals surface area (Å²) in [6.07, 6.45) is 3.39. The number of aromatic nitrogens is 1. The van der Waals surface area contributed by atoms with Crippen LogP contribution >= 0.6 is 11.6 Å². The normalized spacial score (nSPS) is 11.8. The third kappa shape index (κ3) is 4.46. The molecular weight excluding hydrogens is 288 g/mol. The highest BCUT2D eigenvalue weighted by atomic mass is 35.5. The quantitative estimate of drug-likeness (QED) is 0.922. The first-order chi connectivity index (χ1) is 10.1. The van der Waals surface area contributed by atoms with Crippen LogP contribution < -0.4 is 10.1 Å². The Kier molecular flexibility index (Phi) is 5.17. The molecular formula is C16H17ClN2O2. The number of ether oxygens (including phenoxy) is 1. The Morgan fingerprint density at radius 1 is 1.33 bits per heavy atom. The first-order valence-corrected chi connectivity index (χ1v) is 7.02. The Labute approximate surface area is 129 Å². The second kappa shape index (κ2) is 7.09. The van der Waals surface area contributed by atoms with E-state index < -0.39 is 0 Å². The van der Waals surface area contributed by atoms with Crippen molar-refractivity contribution in [2.24, 2.45) is 0 Å². The first kappa shape index (κ1) is 15.3. The zero-order valence-corrected chi connectivity index (χ0v) is 12.7. The van der Waals surface area contributed by atoms with Crippen molar-refractivity contribution >= 4 is 17.5 Å². The minimum atomic E-state index is -0.197. The summed E-state index contributed by atoms with van der Waals surface area (Å²) in [5, 5.41) is 3.36. The lowest BCUT2D eigenvalue weighted by molar-refractivity contribution is -0.123. The van der Waals surface area contributed by atoms with E-state index >= 15 is 0 Å². The summed E-state index contributed by atoms with van der Waals surface area (Å²) in [4.78, 5) is 15.9. The van der Waals surface area contributed by atoms with Crippen molar-refractivity contribution in [3.05, 3.63) is 58.9 Å². The largest absolute Gasteiger partial charge is 0.482 e. The highest BCUT2D eigenvalue weighted by Gasteiger charge is 2.11. The number of pyridine rings is 1. The van der Waals surface area contributed by atoms with E-state index in [9.17, 15) is 4.79 Å². The smallest absolute Gasteiger partial charge is 0.258 e. The fraction of sp³-hybridized carbons (Fsp3) is 0.250. The van der Waals surface area contributed by atoms with Crippen molar-refractivity contribution in [3.63, 3.8) is 0 Å². The van der Waals surface area contributed by atoms with Crippen LogP contribution in [-0.2, 0) is 4.79 Å². The van der Waals surface area contributed by atoms with Crippen molar-refractivity contribution in [3.8, 4) is 5.75 Å². The van der Waals surface area contributed by atoms with Crippen LogP contribution in [0.1, 0.15) is 24.1 Å². The lowest BCUT2D eigenvalue weighted by Crippen LogP contribution is -2.31. The number of aryl methyl sites for hydroxylation is 1. The number of rotatable bonds is 5. The molecule has 1 unspecified atom stereocenters. The monoisotopic (exact) mass is 304 g/mol. The summed E-state index contributed by atoms with van der Waals surface area (Å²) in [7, 11) is 0. The van der Waals surface area contributed by atoms with E-state index in [2.05, 4.69) is 10.3 Å². The Morgan fingerprint density at radius 3 is 2.76 bits per heavy atom. The van der Waals surface area contributed by atoms with Crippen LogP contribution in [0.4, 0.5) is 0 Å². The van der Waals surface area contributed by atoms with E-state index in [0.717, 1.165) is 11.1 Å². The summed E-state index contributed by atoms with van der Waals surface area (Å²) in [6, 6.07) is 9.08. The average molecular weight is 305 g/mol. The zero-order valence-electron chi connectivity index (χ0n) is 12.0. The van der Waals surface area contributed by atoms with Crippen molar-refractivity contribution in [2.45, 2.75) is 19.9 Å². The number of halogens is 1. The van der Waals surface area contributed by atoms with Crippen LogP contribution in [0.15, 0.2) is 42.7 Å². The molecule has 0 saturated carbocycles. The molecule has 110 valence electrons. The molecule has 1 amide bonds. The molecule has 0 aliphatic heterocycles. The Balaban J connectivity index is 1.89. The molecule has 2 rings (SSSR count). The van der Waals surface area contributed by atoms with Gasteiger partial charge < -0.3 is 10.1 Å². The topological polar surface area (TPSA) is 51.2 Å². The van der Waals surface area contributed by atoms with Gasteiger partial charge in [-0.05, 0) is 49.2 Å². The second-order valence-corrected chi connectivity index (χ2v) is 5.20. The van der Waals surface area contributed by atoms with E-state index in [0.29, 0.717) is 10.8 Å². The lowest BCUT2D eigenvalue weighted by atomic mass is 10.1. The maximum Gasteiger partial charge on any atom is 0.258 e. The predicted molar refractivity (Wildman–Crippen MR) is 82.5 cm³/mol. The molecule has 1 atom stereocenters. The van der Waals surface area contributed by atoms with E-state index in [-0.39, 0.29) is 18.6 Å². The third-order valence-corrected chi connectivity index (χ3v) is 3.34. The lowest BCUT2D eigenvalue weighted by Gasteiger charge is -2.15. The zero-order chi connectivity index (χ0) is 15.2. The molecule has 1 aromatic carbocycles. The van der Waals surface area contributed by atoms with Gasteiger partial charge in [0, 0.05) is 12.4 Å². The molecule has 1 heterocycles. The highest BCUT2D eigenvalue weighted by molar-refractivity contribution is 6.32. The molecule has 2 aromatic rings. The summed E-state index contributed by atoms with van der Waals surface area (Å²) < 4.78 is 5.46. The fourth-order valence-electron chi connectivity index (χ4n) is 1.88. The molecule has 21 heavy (non-hydrogen) atoms. The van der Waals surface area contributed by atoms with Gasteiger partial charge in [-0.15, -0.1) is 0 Å². The first-order valence-electron chi connectivity index (χ1n) is 6.64. The van der Waals surface area contributed by atoms with E-state index in [1.165, 1.54) is 0 Å². The van der Waals surface area contributed by atoms with Gasteiger partial charge in [-0.1, -0.05) is 17.7 Å². The molecule has 0 bridgehead atoms. The molecule has 0 aliphatic rings. The Hall–Kier alpha value is -2.07. The van der Waals surface area contributed by atoms with Crippen molar-refractivity contribution in [1.29, 1.82) is 0 Å². The summed E-state index contributed by atoms with van der Waals surface area (Å²) in [5.74, 6) is 0.320. The van der Waals surface area contributed by atoms with Crippen LogP contribution in [-0.4, -0.2) is 17.5 Å². The number of nitrogens with zero attached hydrogens (tertiary/aromatic N) is 1. The number of hydrogen-bond donors (Lipinski definition) is 1. The van der Waals surface area contributed by atoms with Gasteiger partial charge in [0.15, 0.2) is 6.61 Å². The maximum absolute atomic E-state index is 11.9. The molecule has 0 aliphatic carbocycles. The molecule has 1 N–H and O–H groups in total. The van der Waals surface area contributed by atoms with Gasteiger partial charge in [-0.3, -0.25) is 9.78 Å². The SMILES string of the molecule is Cc1ccc(Cl)c(OCC(=O)NC(C)c2ccncc2)c1. The number of nitrogens with one attached hydrogen (secondary N) is 1. The number of carbonyl (C=O) groups is 1. The summed E-state index contributed by atoms with van der Waals surface area (Å²) in [5.41, 5.74) is 2.02. The van der Waals surface area contributed by atoms with Crippen molar-refractivity contribution in [2.75, 3.05) is 6.61 Å². The molecule has 4 nitrogen and oxygen atoms in total. The minimum Gasteiger partial charge on any atom is -0.482 e. The van der Waals surface area contributed by atoms with Crippen LogP contribution in [0.3, 0.4) is 0 Å². The van der Waals surface area contributed by atoms with Gasteiger partial charge in [-0.25, -0.2) is 0 Å². The number of carbonyl (C=O) groups excluding carboxylic acids is 1. The summed E-state index contributed by atoms with van der Waals surface area (Å²) >= 11 is 6.02. The van der Waals surface area contributed by atoms with E-state index in [4.69, 9.17) is 16.3 Å². The number of benzene rings is 1. The molecule has 0 spiro atoms. The fourth-order valence-corrected chi connectivity index (χ4v) is 2.06. The van der Waals surface area contributed by atoms with Crippen LogP contribution in [0, 0.1) is 6.92 Å². The van der Waals surface area contributed by atoms with E-state index in [1.54, 1.807) is 18.5 Å². The van der Waals surface area contributed by atoms with Crippen LogP contribution in [0.25, 0.3) is 0 Å². The molecule has 0 radical (unpaired) electrons. The van der Waals surface area contributed by atoms with Crippen molar-refractivity contribution < 1.29 is 9.53 Å². The van der Waals surface area contributed by atoms with Gasteiger partial charge in [0.1, 0.15) is 5.75 Å². The minimum absolute atomic E-state index is 0.0708. The van der Waals surface area contributed by atoms with E-state index in [1.807, 2.05) is 38.1 Å². The molecule has 1 aromatic heterocycles. The summed E-state index contributed by atoms with van der Waals surface area (Å²) in [6.45, 7) is 3.78. The maximum atomic E-state index is 11.9. The van der Waals surface area contributed by atoms with Gasteiger partial charge >= 0.3 is 0 Å². The number of hydrogen-bond acceptors (Lipinski definition) is 3. The van der Waals surface area contributed by atoms with Crippen LogP contribution in [0.2, 0.25) is 5.02 Å². The standard InChI is InChI=1S/C16H17ClN2O2/c1-11-3-4-14(17)15(9-11)21-10-16(20)19-12(2)13-5-7-18-8-6-13/h3-9,12H,10H2,1-2H3,(H,19,20). The number of amides is 1. The highest BCUT2D eigenvalue weighted by Crippen LogP contribution is 2.25. The van der Waals surface area contributed by atoms with Crippen LogP contribution in [0.5, 0.6) is 5.75 Å². The average Bonchev–Trinajstić information content (AvgIpc) is 2.49. The molecule has 5 heteroatoms. The third-order valence-electron chi connectivity index (χ3n) is 3.03. The van der Waals surface area contributed by atoms with Gasteiger partial charge in [0.05, 0.1) is 11.1 Å². The van der Waals surface area contributed by atoms with Gasteiger partial charge in [-0.2, -0.15) is 0 Å². The predicted octanol–water partition coefficient (Wildman–Crippen LogP) is 3.30. The van der Waals surface area contributed by atoms with Gasteiger partial charge in [0.2, 0.25) is 0 Å². The Morgan fingerprint density at radius 2 is 2.05 bits per heavy atom. The van der Waals surface area contributed by atoms with Crippen molar-refractivity contribution in [1.82, 2.24) is 10.3 Å².